The molecule has 0 aromatic carbocycles. The van der Waals surface area contributed by atoms with E-state index in [-0.39, 0.29) is 0 Å². The van der Waals surface area contributed by atoms with Gasteiger partial charge in [-0.05, 0) is 25.3 Å². The smallest absolute Gasteiger partial charge is 0.135 e. The highest BCUT2D eigenvalue weighted by Crippen LogP contribution is 2.44. The van der Waals surface area contributed by atoms with Crippen LogP contribution >= 0.6 is 22.7 Å². The molecule has 1 aliphatic rings. The fraction of sp³-hybridized carbons (Fsp3) is 0.538. The highest BCUT2D eigenvalue weighted by molar-refractivity contribution is 7.20. The lowest BCUT2D eigenvalue weighted by atomic mass is 9.76. The summed E-state index contributed by atoms with van der Waals surface area (Å²) in [6, 6.07) is 0.447. The van der Waals surface area contributed by atoms with Gasteiger partial charge in [0.1, 0.15) is 5.01 Å². The van der Waals surface area contributed by atoms with E-state index in [0.717, 1.165) is 11.4 Å². The second-order valence-corrected chi connectivity index (χ2v) is 7.50. The number of nitrogens with one attached hydrogen (secondary N) is 1. The maximum Gasteiger partial charge on any atom is 0.135 e. The van der Waals surface area contributed by atoms with Crippen LogP contribution in [0.25, 0.3) is 9.88 Å². The summed E-state index contributed by atoms with van der Waals surface area (Å²) in [4.78, 5) is 11.6. The monoisotopic (exact) mass is 279 g/mol. The van der Waals surface area contributed by atoms with E-state index < -0.39 is 0 Å². The zero-order chi connectivity index (χ0) is 12.8. The lowest BCUT2D eigenvalue weighted by molar-refractivity contribution is 0.265. The van der Waals surface area contributed by atoms with Crippen molar-refractivity contribution in [1.29, 1.82) is 0 Å². The molecule has 2 aromatic heterocycles. The first kappa shape index (κ1) is 12.3. The van der Waals surface area contributed by atoms with E-state index in [2.05, 4.69) is 24.1 Å². The normalized spacial score (nSPS) is 21.8. The molecule has 0 bridgehead atoms. The van der Waals surface area contributed by atoms with Crippen molar-refractivity contribution in [2.24, 2.45) is 5.41 Å². The van der Waals surface area contributed by atoms with Gasteiger partial charge in [-0.1, -0.05) is 13.8 Å². The minimum Gasteiger partial charge on any atom is -0.312 e. The van der Waals surface area contributed by atoms with Gasteiger partial charge in [0.05, 0.1) is 16.1 Å². The number of nitrogens with zero attached hydrogens (tertiary/aromatic N) is 2. The Morgan fingerprint density at radius 3 is 2.94 bits per heavy atom. The molecule has 0 fully saturated rings. The molecular formula is C13H17N3S2. The van der Waals surface area contributed by atoms with Gasteiger partial charge in [0, 0.05) is 17.1 Å². The Morgan fingerprint density at radius 1 is 1.44 bits per heavy atom. The average molecular weight is 279 g/mol. The summed E-state index contributed by atoms with van der Waals surface area (Å²) in [6.45, 7) is 4.65. The second kappa shape index (κ2) is 4.40. The molecule has 1 unspecified atom stereocenters. The van der Waals surface area contributed by atoms with Crippen molar-refractivity contribution in [3.63, 3.8) is 0 Å². The molecule has 0 radical (unpaired) electrons. The van der Waals surface area contributed by atoms with Crippen molar-refractivity contribution in [1.82, 2.24) is 15.3 Å². The Balaban J connectivity index is 2.03. The van der Waals surface area contributed by atoms with Crippen LogP contribution in [0.3, 0.4) is 0 Å². The number of hydrogen-bond acceptors (Lipinski definition) is 5. The Kier molecular flexibility index (Phi) is 3.00. The summed E-state index contributed by atoms with van der Waals surface area (Å²) in [5.41, 5.74) is 3.48. The lowest BCUT2D eigenvalue weighted by Gasteiger charge is -2.34. The standard InChI is InChI=1S/C13H17N3S2/c1-13(2)4-8(14-3)11-9(5-13)16-12(18-11)10-6-15-7-17-10/h6-8,14H,4-5H2,1-3H3. The van der Waals surface area contributed by atoms with Crippen LogP contribution in [0.5, 0.6) is 0 Å². The zero-order valence-corrected chi connectivity index (χ0v) is 12.5. The molecule has 1 atom stereocenters. The topological polar surface area (TPSA) is 37.8 Å². The lowest BCUT2D eigenvalue weighted by Crippen LogP contribution is -2.30. The van der Waals surface area contributed by atoms with Gasteiger partial charge in [0.15, 0.2) is 0 Å². The van der Waals surface area contributed by atoms with Crippen molar-refractivity contribution >= 4 is 22.7 Å². The summed E-state index contributed by atoms with van der Waals surface area (Å²) in [7, 11) is 2.04. The molecule has 0 spiro atoms. The minimum absolute atomic E-state index is 0.333. The van der Waals surface area contributed by atoms with Crippen LogP contribution in [0, 0.1) is 5.41 Å². The fourth-order valence-electron chi connectivity index (χ4n) is 2.59. The third-order valence-electron chi connectivity index (χ3n) is 3.44. The molecule has 18 heavy (non-hydrogen) atoms. The Labute approximate surface area is 115 Å². The van der Waals surface area contributed by atoms with Gasteiger partial charge in [0.25, 0.3) is 0 Å². The van der Waals surface area contributed by atoms with Crippen molar-refractivity contribution in [2.75, 3.05) is 7.05 Å². The first-order chi connectivity index (χ1) is 8.59. The molecule has 0 saturated carbocycles. The number of aromatic nitrogens is 2. The van der Waals surface area contributed by atoms with Crippen molar-refractivity contribution in [3.05, 3.63) is 22.3 Å². The predicted molar refractivity (Wildman–Crippen MR) is 77.1 cm³/mol. The van der Waals surface area contributed by atoms with Crippen LogP contribution < -0.4 is 5.32 Å². The summed E-state index contributed by atoms with van der Waals surface area (Å²) in [6.07, 6.45) is 4.17. The van der Waals surface area contributed by atoms with Crippen LogP contribution in [0.2, 0.25) is 0 Å². The van der Waals surface area contributed by atoms with Crippen LogP contribution in [0.4, 0.5) is 0 Å². The number of rotatable bonds is 2. The summed E-state index contributed by atoms with van der Waals surface area (Å²) < 4.78 is 0. The number of hydrogen-bond donors (Lipinski definition) is 1. The van der Waals surface area contributed by atoms with Gasteiger partial charge in [-0.2, -0.15) is 0 Å². The molecular weight excluding hydrogens is 262 g/mol. The molecule has 5 heteroatoms. The van der Waals surface area contributed by atoms with E-state index in [1.54, 1.807) is 11.3 Å². The molecule has 0 aliphatic heterocycles. The quantitative estimate of drug-likeness (QED) is 0.914. The van der Waals surface area contributed by atoms with E-state index in [0.29, 0.717) is 11.5 Å². The van der Waals surface area contributed by atoms with E-state index in [1.807, 2.05) is 30.1 Å². The summed E-state index contributed by atoms with van der Waals surface area (Å²) in [5.74, 6) is 0. The van der Waals surface area contributed by atoms with Crippen LogP contribution in [-0.2, 0) is 6.42 Å². The van der Waals surface area contributed by atoms with Gasteiger partial charge in [0.2, 0.25) is 0 Å². The van der Waals surface area contributed by atoms with Gasteiger partial charge in [-0.25, -0.2) is 4.98 Å². The second-order valence-electron chi connectivity index (χ2n) is 5.58. The maximum atomic E-state index is 4.84. The van der Waals surface area contributed by atoms with Crippen molar-refractivity contribution in [2.45, 2.75) is 32.7 Å². The van der Waals surface area contributed by atoms with Gasteiger partial charge in [-0.3, -0.25) is 4.98 Å². The van der Waals surface area contributed by atoms with Crippen molar-refractivity contribution in [3.8, 4) is 9.88 Å². The number of fused-ring (bicyclic) bond motifs is 1. The van der Waals surface area contributed by atoms with Crippen LogP contribution in [0.1, 0.15) is 36.9 Å². The first-order valence-corrected chi connectivity index (χ1v) is 7.84. The molecule has 3 nitrogen and oxygen atoms in total. The van der Waals surface area contributed by atoms with Gasteiger partial charge >= 0.3 is 0 Å². The van der Waals surface area contributed by atoms with Crippen LogP contribution in [0.15, 0.2) is 11.7 Å². The fourth-order valence-corrected chi connectivity index (χ4v) is 4.46. The maximum absolute atomic E-state index is 4.84. The van der Waals surface area contributed by atoms with Crippen molar-refractivity contribution < 1.29 is 0 Å². The minimum atomic E-state index is 0.333. The molecule has 3 rings (SSSR count). The average Bonchev–Trinajstić information content (AvgIpc) is 2.93. The highest BCUT2D eigenvalue weighted by Gasteiger charge is 2.34. The summed E-state index contributed by atoms with van der Waals surface area (Å²) in [5, 5.41) is 4.56. The third kappa shape index (κ3) is 2.11. The van der Waals surface area contributed by atoms with E-state index in [1.165, 1.54) is 21.9 Å². The molecule has 96 valence electrons. The van der Waals surface area contributed by atoms with E-state index in [4.69, 9.17) is 4.98 Å². The van der Waals surface area contributed by atoms with E-state index >= 15 is 0 Å². The Hall–Kier alpha value is -0.780. The number of thiazole rings is 2. The predicted octanol–water partition coefficient (Wildman–Crippen LogP) is 3.50. The molecule has 0 amide bonds. The highest BCUT2D eigenvalue weighted by atomic mass is 32.1. The summed E-state index contributed by atoms with van der Waals surface area (Å²) >= 11 is 3.49. The molecule has 0 saturated heterocycles. The molecule has 1 N–H and O–H groups in total. The largest absolute Gasteiger partial charge is 0.312 e. The Bertz CT molecular complexity index is 543. The van der Waals surface area contributed by atoms with Gasteiger partial charge in [-0.15, -0.1) is 22.7 Å². The van der Waals surface area contributed by atoms with E-state index in [9.17, 15) is 0 Å². The molecule has 1 aliphatic carbocycles. The molecule has 2 heterocycles. The third-order valence-corrected chi connectivity index (χ3v) is 5.59. The SMILES string of the molecule is CNC1CC(C)(C)Cc2nc(-c3cncs3)sc21. The van der Waals surface area contributed by atoms with Gasteiger partial charge < -0.3 is 5.32 Å². The Morgan fingerprint density at radius 2 is 2.28 bits per heavy atom. The zero-order valence-electron chi connectivity index (χ0n) is 10.9. The van der Waals surface area contributed by atoms with Crippen LogP contribution in [-0.4, -0.2) is 17.0 Å². The first-order valence-electron chi connectivity index (χ1n) is 6.15. The molecule has 2 aromatic rings.